The van der Waals surface area contributed by atoms with Crippen molar-refractivity contribution in [3.63, 3.8) is 0 Å². The van der Waals surface area contributed by atoms with Crippen LogP contribution in [-0.2, 0) is 11.3 Å². The summed E-state index contributed by atoms with van der Waals surface area (Å²) in [5.41, 5.74) is 0.950. The van der Waals surface area contributed by atoms with Crippen LogP contribution in [0.1, 0.15) is 31.7 Å². The molecule has 0 radical (unpaired) electrons. The first-order valence-electron chi connectivity index (χ1n) is 7.54. The highest BCUT2D eigenvalue weighted by atomic mass is 127. The number of carboxylic acid groups (broad SMARTS) is 1. The van der Waals surface area contributed by atoms with Crippen LogP contribution in [0, 0.1) is 0 Å². The molecule has 1 heterocycles. The fraction of sp³-hybridized carbons (Fsp3) is 0.562. The highest BCUT2D eigenvalue weighted by Gasteiger charge is 2.36. The highest BCUT2D eigenvalue weighted by molar-refractivity contribution is 14.1. The van der Waals surface area contributed by atoms with Crippen molar-refractivity contribution < 1.29 is 19.7 Å². The van der Waals surface area contributed by atoms with Gasteiger partial charge in [-0.2, -0.15) is 0 Å². The Hall–Kier alpha value is -0.860. The molecule has 1 amide bonds. The lowest BCUT2D eigenvalue weighted by Crippen LogP contribution is -2.50. The monoisotopic (exact) mass is 419 g/mol. The van der Waals surface area contributed by atoms with E-state index < -0.39 is 12.4 Å². The molecule has 1 aliphatic rings. The predicted molar refractivity (Wildman–Crippen MR) is 92.0 cm³/mol. The number of hydrogen-bond acceptors (Lipinski definition) is 3. The molecule has 0 aliphatic carbocycles. The van der Waals surface area contributed by atoms with Crippen LogP contribution in [0.2, 0.25) is 0 Å². The molecule has 122 valence electrons. The number of halogens is 1. The number of aliphatic hydroxyl groups excluding tert-OH is 1. The number of hydrogen-bond donors (Lipinski definition) is 2. The van der Waals surface area contributed by atoms with Gasteiger partial charge in [0.2, 0.25) is 0 Å². The molecule has 2 N–H and O–H groups in total. The van der Waals surface area contributed by atoms with Crippen LogP contribution in [0.5, 0.6) is 0 Å². The predicted octanol–water partition coefficient (Wildman–Crippen LogP) is 3.25. The van der Waals surface area contributed by atoms with Crippen molar-refractivity contribution in [3.8, 4) is 0 Å². The highest BCUT2D eigenvalue weighted by Crippen LogP contribution is 2.29. The molecule has 2 rings (SSSR count). The SMILES string of the molecule is CC[C@@H]([C@@H]1CCC(I)C(O)O1)N(Cc1ccccc1)C(=O)O. The standard InChI is InChI=1S/C16H22INO4/c1-2-13(14-9-8-12(17)15(19)22-14)18(16(20)21)10-11-6-4-3-5-7-11/h3-7,12-15,19H,2,8-10H2,1H3,(H,20,21)/t12?,13-,14-,15?/m0/s1. The number of nitrogens with zero attached hydrogens (tertiary/aromatic N) is 1. The van der Waals surface area contributed by atoms with E-state index in [-0.39, 0.29) is 16.1 Å². The lowest BCUT2D eigenvalue weighted by Gasteiger charge is -2.39. The number of alkyl halides is 1. The molecule has 1 aromatic rings. The second-order valence-corrected chi connectivity index (χ2v) is 7.13. The number of rotatable bonds is 5. The van der Waals surface area contributed by atoms with E-state index in [9.17, 15) is 15.0 Å². The molecule has 0 saturated carbocycles. The second-order valence-electron chi connectivity index (χ2n) is 5.53. The van der Waals surface area contributed by atoms with E-state index in [2.05, 4.69) is 22.6 Å². The van der Waals surface area contributed by atoms with Gasteiger partial charge in [-0.3, -0.25) is 4.90 Å². The third-order valence-electron chi connectivity index (χ3n) is 4.04. The van der Waals surface area contributed by atoms with Crippen LogP contribution < -0.4 is 0 Å². The first kappa shape index (κ1) is 17.5. The van der Waals surface area contributed by atoms with E-state index in [1.54, 1.807) is 0 Å². The maximum absolute atomic E-state index is 11.7. The van der Waals surface area contributed by atoms with Gasteiger partial charge < -0.3 is 14.9 Å². The molecule has 2 unspecified atom stereocenters. The van der Waals surface area contributed by atoms with E-state index in [0.717, 1.165) is 18.4 Å². The summed E-state index contributed by atoms with van der Waals surface area (Å²) in [6.07, 6.45) is 0.225. The third-order valence-corrected chi connectivity index (χ3v) is 5.28. The van der Waals surface area contributed by atoms with Crippen molar-refractivity contribution in [2.45, 2.75) is 55.1 Å². The Morgan fingerprint density at radius 1 is 1.41 bits per heavy atom. The molecule has 1 aromatic carbocycles. The van der Waals surface area contributed by atoms with Crippen LogP contribution in [0.4, 0.5) is 4.79 Å². The van der Waals surface area contributed by atoms with Gasteiger partial charge >= 0.3 is 6.09 Å². The van der Waals surface area contributed by atoms with Crippen molar-refractivity contribution in [2.75, 3.05) is 0 Å². The van der Waals surface area contributed by atoms with Gasteiger partial charge in [-0.1, -0.05) is 59.8 Å². The first-order valence-corrected chi connectivity index (χ1v) is 8.78. The molecule has 6 heteroatoms. The summed E-state index contributed by atoms with van der Waals surface area (Å²) in [4.78, 5) is 13.1. The summed E-state index contributed by atoms with van der Waals surface area (Å²) in [6.45, 7) is 2.29. The Balaban J connectivity index is 2.12. The van der Waals surface area contributed by atoms with Gasteiger partial charge in [-0.15, -0.1) is 0 Å². The molecule has 22 heavy (non-hydrogen) atoms. The van der Waals surface area contributed by atoms with E-state index in [1.807, 2.05) is 37.3 Å². The molecular formula is C16H22INO4. The van der Waals surface area contributed by atoms with Crippen molar-refractivity contribution in [1.29, 1.82) is 0 Å². The normalized spacial score (nSPS) is 26.4. The van der Waals surface area contributed by atoms with E-state index in [4.69, 9.17) is 4.74 Å². The fourth-order valence-electron chi connectivity index (χ4n) is 2.87. The number of amides is 1. The molecular weight excluding hydrogens is 397 g/mol. The topological polar surface area (TPSA) is 70.0 Å². The first-order chi connectivity index (χ1) is 10.5. The lowest BCUT2D eigenvalue weighted by atomic mass is 9.98. The molecule has 0 bridgehead atoms. The zero-order valence-electron chi connectivity index (χ0n) is 12.6. The molecule has 1 fully saturated rings. The van der Waals surface area contributed by atoms with Crippen LogP contribution in [0.25, 0.3) is 0 Å². The van der Waals surface area contributed by atoms with Gasteiger partial charge in [0, 0.05) is 6.54 Å². The van der Waals surface area contributed by atoms with E-state index in [0.29, 0.717) is 13.0 Å². The minimum absolute atomic E-state index is 0.0683. The fourth-order valence-corrected chi connectivity index (χ4v) is 3.40. The van der Waals surface area contributed by atoms with Crippen LogP contribution in [0.15, 0.2) is 30.3 Å². The Morgan fingerprint density at radius 2 is 2.09 bits per heavy atom. The van der Waals surface area contributed by atoms with Gasteiger partial charge in [0.15, 0.2) is 6.29 Å². The number of aliphatic hydroxyl groups is 1. The minimum atomic E-state index is -0.953. The molecule has 1 saturated heterocycles. The van der Waals surface area contributed by atoms with Gasteiger partial charge in [0.05, 0.1) is 16.1 Å². The third kappa shape index (κ3) is 4.33. The summed E-state index contributed by atoms with van der Waals surface area (Å²) >= 11 is 2.17. The van der Waals surface area contributed by atoms with E-state index >= 15 is 0 Å². The van der Waals surface area contributed by atoms with Gasteiger partial charge in [0.25, 0.3) is 0 Å². The smallest absolute Gasteiger partial charge is 0.407 e. The quantitative estimate of drug-likeness (QED) is 0.568. The van der Waals surface area contributed by atoms with E-state index in [1.165, 1.54) is 4.90 Å². The van der Waals surface area contributed by atoms with Gasteiger partial charge in [0.1, 0.15) is 0 Å². The number of ether oxygens (including phenoxy) is 1. The maximum atomic E-state index is 11.7. The van der Waals surface area contributed by atoms with Gasteiger partial charge in [-0.25, -0.2) is 4.79 Å². The lowest BCUT2D eigenvalue weighted by molar-refractivity contribution is -0.173. The molecule has 4 atom stereocenters. The molecule has 0 aromatic heterocycles. The maximum Gasteiger partial charge on any atom is 0.407 e. The zero-order chi connectivity index (χ0) is 16.1. The Morgan fingerprint density at radius 3 is 2.64 bits per heavy atom. The van der Waals surface area contributed by atoms with Crippen molar-refractivity contribution in [2.24, 2.45) is 0 Å². The molecule has 0 spiro atoms. The van der Waals surface area contributed by atoms with Crippen molar-refractivity contribution >= 4 is 28.7 Å². The summed E-state index contributed by atoms with van der Waals surface area (Å²) < 4.78 is 5.73. The largest absolute Gasteiger partial charge is 0.465 e. The summed E-state index contributed by atoms with van der Waals surface area (Å²) in [5, 5.41) is 19.5. The number of benzene rings is 1. The Bertz CT molecular complexity index is 484. The van der Waals surface area contributed by atoms with Crippen LogP contribution in [0.3, 0.4) is 0 Å². The van der Waals surface area contributed by atoms with Crippen LogP contribution >= 0.6 is 22.6 Å². The second kappa shape index (κ2) is 8.12. The summed E-state index contributed by atoms with van der Waals surface area (Å²) in [7, 11) is 0. The average Bonchev–Trinajstić information content (AvgIpc) is 2.51. The zero-order valence-corrected chi connectivity index (χ0v) is 14.7. The summed E-state index contributed by atoms with van der Waals surface area (Å²) in [6, 6.07) is 9.29. The molecule has 5 nitrogen and oxygen atoms in total. The Kier molecular flexibility index (Phi) is 6.46. The Labute approximate surface area is 144 Å². The average molecular weight is 419 g/mol. The number of carbonyl (C=O) groups is 1. The summed E-state index contributed by atoms with van der Waals surface area (Å²) in [5.74, 6) is 0. The van der Waals surface area contributed by atoms with Crippen LogP contribution in [-0.4, -0.2) is 43.6 Å². The van der Waals surface area contributed by atoms with Crippen molar-refractivity contribution in [3.05, 3.63) is 35.9 Å². The molecule has 1 aliphatic heterocycles. The van der Waals surface area contributed by atoms with Crippen molar-refractivity contribution in [1.82, 2.24) is 4.90 Å². The van der Waals surface area contributed by atoms with Gasteiger partial charge in [-0.05, 0) is 24.8 Å². The minimum Gasteiger partial charge on any atom is -0.465 e.